The Labute approximate surface area is 228 Å². The summed E-state index contributed by atoms with van der Waals surface area (Å²) >= 11 is 0. The standard InChI is InChI=1S/C27H24F6N6O2/c1-16-20(24(40)38(36-16)18-10-5-3-6-11-18)22(26(28,29)30)34-14-9-15-35-23(27(31,32)33)21-17(2)37-39(25(21)41)19-12-7-4-8-13-19/h3-8,10-13,36-37H,9,14-15H2,1-2H3. The number of benzene rings is 2. The number of halogens is 6. The zero-order chi connectivity index (χ0) is 29.9. The maximum absolute atomic E-state index is 13.9. The Kier molecular flexibility index (Phi) is 8.22. The van der Waals surface area contributed by atoms with Crippen LogP contribution in [0, 0.1) is 13.8 Å². The summed E-state index contributed by atoms with van der Waals surface area (Å²) in [6, 6.07) is 15.9. The largest absolute Gasteiger partial charge is 0.433 e. The second-order valence-corrected chi connectivity index (χ2v) is 8.99. The summed E-state index contributed by atoms with van der Waals surface area (Å²) in [4.78, 5) is 32.8. The van der Waals surface area contributed by atoms with Gasteiger partial charge in [-0.2, -0.15) is 26.3 Å². The molecule has 2 heterocycles. The average molecular weight is 579 g/mol. The lowest BCUT2D eigenvalue weighted by atomic mass is 10.1. The van der Waals surface area contributed by atoms with Crippen LogP contribution >= 0.6 is 0 Å². The molecule has 0 aliphatic carbocycles. The molecular weight excluding hydrogens is 554 g/mol. The highest BCUT2D eigenvalue weighted by molar-refractivity contribution is 6.06. The van der Waals surface area contributed by atoms with Crippen molar-refractivity contribution in [2.45, 2.75) is 32.6 Å². The summed E-state index contributed by atoms with van der Waals surface area (Å²) < 4.78 is 85.4. The van der Waals surface area contributed by atoms with E-state index in [0.29, 0.717) is 11.4 Å². The fourth-order valence-corrected chi connectivity index (χ4v) is 4.24. The summed E-state index contributed by atoms with van der Waals surface area (Å²) in [5.41, 5.74) is -5.75. The molecule has 2 aromatic heterocycles. The average Bonchev–Trinajstić information content (AvgIpc) is 3.37. The number of aliphatic imine (C=N–C) groups is 2. The van der Waals surface area contributed by atoms with Gasteiger partial charge in [0.25, 0.3) is 11.1 Å². The van der Waals surface area contributed by atoms with E-state index in [1.165, 1.54) is 38.1 Å². The van der Waals surface area contributed by atoms with Gasteiger partial charge in [-0.15, -0.1) is 0 Å². The van der Waals surface area contributed by atoms with Crippen LogP contribution < -0.4 is 11.1 Å². The topological polar surface area (TPSA) is 100 Å². The van der Waals surface area contributed by atoms with Crippen molar-refractivity contribution in [1.82, 2.24) is 19.6 Å². The van der Waals surface area contributed by atoms with E-state index in [-0.39, 0.29) is 17.8 Å². The third kappa shape index (κ3) is 6.26. The summed E-state index contributed by atoms with van der Waals surface area (Å²) in [5.74, 6) is 0. The first-order chi connectivity index (χ1) is 19.3. The molecule has 0 bridgehead atoms. The third-order valence-electron chi connectivity index (χ3n) is 6.04. The second-order valence-electron chi connectivity index (χ2n) is 8.99. The third-order valence-corrected chi connectivity index (χ3v) is 6.04. The minimum atomic E-state index is -5.01. The van der Waals surface area contributed by atoms with Crippen molar-refractivity contribution in [1.29, 1.82) is 0 Å². The lowest BCUT2D eigenvalue weighted by molar-refractivity contribution is -0.0590. The minimum Gasteiger partial charge on any atom is -0.295 e. The number of para-hydroxylation sites is 2. The highest BCUT2D eigenvalue weighted by atomic mass is 19.4. The van der Waals surface area contributed by atoms with Crippen LogP contribution in [0.3, 0.4) is 0 Å². The fourth-order valence-electron chi connectivity index (χ4n) is 4.24. The van der Waals surface area contributed by atoms with Gasteiger partial charge in [-0.25, -0.2) is 9.36 Å². The van der Waals surface area contributed by atoms with Crippen molar-refractivity contribution in [2.24, 2.45) is 9.98 Å². The predicted molar refractivity (Wildman–Crippen MR) is 142 cm³/mol. The van der Waals surface area contributed by atoms with Crippen LogP contribution in [0.2, 0.25) is 0 Å². The molecule has 2 aromatic carbocycles. The first kappa shape index (κ1) is 29.4. The van der Waals surface area contributed by atoms with Crippen molar-refractivity contribution in [3.05, 3.63) is 104 Å². The molecule has 0 radical (unpaired) electrons. The lowest BCUT2D eigenvalue weighted by Crippen LogP contribution is -2.31. The number of aromatic amines is 2. The van der Waals surface area contributed by atoms with Crippen LogP contribution in [-0.2, 0) is 0 Å². The van der Waals surface area contributed by atoms with Crippen molar-refractivity contribution in [2.75, 3.05) is 13.1 Å². The molecule has 216 valence electrons. The Morgan fingerprint density at radius 3 is 1.32 bits per heavy atom. The van der Waals surface area contributed by atoms with Crippen molar-refractivity contribution in [3.8, 4) is 11.4 Å². The number of hydrogen-bond acceptors (Lipinski definition) is 4. The number of H-pyrrole nitrogens is 2. The molecule has 14 heteroatoms. The van der Waals surface area contributed by atoms with Crippen LogP contribution in [0.1, 0.15) is 28.9 Å². The molecule has 0 saturated carbocycles. The molecule has 4 rings (SSSR count). The van der Waals surface area contributed by atoms with Gasteiger partial charge in [-0.1, -0.05) is 36.4 Å². The van der Waals surface area contributed by atoms with E-state index >= 15 is 0 Å². The molecule has 2 N–H and O–H groups in total. The van der Waals surface area contributed by atoms with Gasteiger partial charge in [0.05, 0.1) is 22.5 Å². The fraction of sp³-hybridized carbons (Fsp3) is 0.259. The number of aryl methyl sites for hydroxylation is 2. The molecule has 4 aromatic rings. The van der Waals surface area contributed by atoms with Gasteiger partial charge in [-0.05, 0) is 44.5 Å². The van der Waals surface area contributed by atoms with Crippen LogP contribution in [0.15, 0.2) is 80.2 Å². The van der Waals surface area contributed by atoms with Gasteiger partial charge in [0.2, 0.25) is 0 Å². The summed E-state index contributed by atoms with van der Waals surface area (Å²) in [5, 5.41) is 5.20. The van der Waals surface area contributed by atoms with Crippen LogP contribution in [0.4, 0.5) is 26.3 Å². The number of nitrogens with one attached hydrogen (secondary N) is 2. The maximum atomic E-state index is 13.9. The van der Waals surface area contributed by atoms with Gasteiger partial charge < -0.3 is 0 Å². The van der Waals surface area contributed by atoms with E-state index in [1.54, 1.807) is 36.4 Å². The quantitative estimate of drug-likeness (QED) is 0.174. The van der Waals surface area contributed by atoms with E-state index in [2.05, 4.69) is 20.2 Å². The molecule has 8 nitrogen and oxygen atoms in total. The minimum absolute atomic E-state index is 0.0788. The molecule has 0 spiro atoms. The van der Waals surface area contributed by atoms with Gasteiger partial charge in [0.15, 0.2) is 11.4 Å². The summed E-state index contributed by atoms with van der Waals surface area (Å²) in [6.45, 7) is 1.44. The number of alkyl halides is 6. The maximum Gasteiger partial charge on any atom is 0.433 e. The normalized spacial score (nSPS) is 13.2. The molecule has 0 aliphatic rings. The van der Waals surface area contributed by atoms with E-state index in [9.17, 15) is 35.9 Å². The second kappa shape index (κ2) is 11.5. The van der Waals surface area contributed by atoms with E-state index in [1.807, 2.05) is 0 Å². The van der Waals surface area contributed by atoms with Gasteiger partial charge in [-0.3, -0.25) is 29.8 Å². The summed E-state index contributed by atoms with van der Waals surface area (Å²) in [7, 11) is 0. The van der Waals surface area contributed by atoms with E-state index < -0.39 is 59.1 Å². The van der Waals surface area contributed by atoms with Gasteiger partial charge >= 0.3 is 12.4 Å². The predicted octanol–water partition coefficient (Wildman–Crippen LogP) is 5.05. The number of hydrogen-bond donors (Lipinski definition) is 2. The van der Waals surface area contributed by atoms with E-state index in [4.69, 9.17) is 0 Å². The molecule has 0 fully saturated rings. The lowest BCUT2D eigenvalue weighted by Gasteiger charge is -2.10. The Hall–Kier alpha value is -4.62. The van der Waals surface area contributed by atoms with E-state index in [0.717, 1.165) is 9.36 Å². The molecule has 0 atom stereocenters. The van der Waals surface area contributed by atoms with Gasteiger partial charge in [0.1, 0.15) is 0 Å². The molecule has 41 heavy (non-hydrogen) atoms. The molecular formula is C27H24F6N6O2. The Morgan fingerprint density at radius 1 is 0.659 bits per heavy atom. The first-order valence-corrected chi connectivity index (χ1v) is 12.3. The number of nitrogens with zero attached hydrogens (tertiary/aromatic N) is 4. The smallest absolute Gasteiger partial charge is 0.295 e. The highest BCUT2D eigenvalue weighted by Gasteiger charge is 2.41. The zero-order valence-electron chi connectivity index (χ0n) is 21.8. The van der Waals surface area contributed by atoms with Crippen molar-refractivity contribution in [3.63, 3.8) is 0 Å². The molecule has 0 aliphatic heterocycles. The highest BCUT2D eigenvalue weighted by Crippen LogP contribution is 2.25. The molecule has 0 saturated heterocycles. The zero-order valence-corrected chi connectivity index (χ0v) is 21.8. The van der Waals surface area contributed by atoms with Crippen molar-refractivity contribution >= 4 is 11.4 Å². The molecule has 0 amide bonds. The first-order valence-electron chi connectivity index (χ1n) is 12.3. The Morgan fingerprint density at radius 2 is 1.00 bits per heavy atom. The monoisotopic (exact) mass is 578 g/mol. The van der Waals surface area contributed by atoms with Crippen molar-refractivity contribution < 1.29 is 26.3 Å². The van der Waals surface area contributed by atoms with Crippen LogP contribution in [-0.4, -0.2) is 56.4 Å². The van der Waals surface area contributed by atoms with Crippen LogP contribution in [0.25, 0.3) is 11.4 Å². The SMILES string of the molecule is Cc1[nH]n(-c2ccccc2)c(=O)c1C(=NCCCN=C(c1c(C)[nH]n(-c2ccccc2)c1=O)C(F)(F)F)C(F)(F)F. The Bertz CT molecular complexity index is 1560. The van der Waals surface area contributed by atoms with Gasteiger partial charge in [0, 0.05) is 24.5 Å². The summed E-state index contributed by atoms with van der Waals surface area (Å²) in [6.07, 6.45) is -10.3. The number of aromatic nitrogens is 4. The number of rotatable bonds is 8. The van der Waals surface area contributed by atoms with Crippen LogP contribution in [0.5, 0.6) is 0 Å². The molecule has 0 unspecified atom stereocenters. The Balaban J connectivity index is 1.60.